The number of amides is 1. The lowest BCUT2D eigenvalue weighted by Gasteiger charge is -1.95. The summed E-state index contributed by atoms with van der Waals surface area (Å²) in [5.74, 6) is -0.0659. The van der Waals surface area contributed by atoms with Crippen LogP contribution in [0.1, 0.15) is 13.3 Å². The molecule has 0 saturated carbocycles. The van der Waals surface area contributed by atoms with Gasteiger partial charge in [-0.15, -0.1) is 10.2 Å². The molecule has 2 aromatic rings. The van der Waals surface area contributed by atoms with Crippen molar-refractivity contribution in [3.63, 3.8) is 0 Å². The smallest absolute Gasteiger partial charge is 0.225 e. The fourth-order valence-corrected chi connectivity index (χ4v) is 2.08. The molecule has 1 amide bonds. The zero-order valence-corrected chi connectivity index (χ0v) is 10.7. The topological polar surface area (TPSA) is 54.9 Å². The van der Waals surface area contributed by atoms with E-state index in [1.54, 1.807) is 19.1 Å². The average molecular weight is 268 g/mol. The number of halogens is 1. The summed E-state index contributed by atoms with van der Waals surface area (Å²) < 4.78 is 0. The summed E-state index contributed by atoms with van der Waals surface area (Å²) >= 11 is 7.14. The maximum Gasteiger partial charge on any atom is 0.225 e. The SMILES string of the molecule is CCC(=O)Nc1nnc(-c2ccc(Cl)cc2)s1. The minimum absolute atomic E-state index is 0.0659. The highest BCUT2D eigenvalue weighted by Gasteiger charge is 2.08. The van der Waals surface area contributed by atoms with Crippen LogP contribution in [0.3, 0.4) is 0 Å². The Bertz CT molecular complexity index is 524. The highest BCUT2D eigenvalue weighted by molar-refractivity contribution is 7.18. The first-order valence-electron chi connectivity index (χ1n) is 5.08. The van der Waals surface area contributed by atoms with Crippen molar-refractivity contribution in [1.29, 1.82) is 0 Å². The predicted octanol–water partition coefficient (Wildman–Crippen LogP) is 3.21. The molecule has 0 aliphatic carbocycles. The molecule has 1 heterocycles. The van der Waals surface area contributed by atoms with Crippen molar-refractivity contribution < 1.29 is 4.79 Å². The van der Waals surface area contributed by atoms with Gasteiger partial charge in [-0.1, -0.05) is 42.0 Å². The number of anilines is 1. The number of rotatable bonds is 3. The van der Waals surface area contributed by atoms with Crippen LogP contribution in [0.15, 0.2) is 24.3 Å². The fraction of sp³-hybridized carbons (Fsp3) is 0.182. The molecule has 17 heavy (non-hydrogen) atoms. The molecule has 0 fully saturated rings. The third kappa shape index (κ3) is 3.01. The van der Waals surface area contributed by atoms with Gasteiger partial charge in [-0.3, -0.25) is 4.79 Å². The first kappa shape index (κ1) is 12.0. The lowest BCUT2D eigenvalue weighted by molar-refractivity contribution is -0.115. The third-order valence-electron chi connectivity index (χ3n) is 2.08. The van der Waals surface area contributed by atoms with Crippen LogP contribution in [-0.4, -0.2) is 16.1 Å². The Morgan fingerprint density at radius 1 is 1.35 bits per heavy atom. The van der Waals surface area contributed by atoms with Gasteiger partial charge in [-0.25, -0.2) is 0 Å². The number of carbonyl (C=O) groups excluding carboxylic acids is 1. The number of benzene rings is 1. The van der Waals surface area contributed by atoms with Gasteiger partial charge < -0.3 is 5.32 Å². The molecule has 0 radical (unpaired) electrons. The Balaban J connectivity index is 2.18. The average Bonchev–Trinajstić information content (AvgIpc) is 2.78. The predicted molar refractivity (Wildman–Crippen MR) is 69.3 cm³/mol. The lowest BCUT2D eigenvalue weighted by atomic mass is 10.2. The van der Waals surface area contributed by atoms with Crippen LogP contribution in [0.5, 0.6) is 0 Å². The van der Waals surface area contributed by atoms with E-state index in [1.807, 2.05) is 12.1 Å². The van der Waals surface area contributed by atoms with Gasteiger partial charge in [0.2, 0.25) is 11.0 Å². The standard InChI is InChI=1S/C11H10ClN3OS/c1-2-9(16)13-11-15-14-10(17-11)7-3-5-8(12)6-4-7/h3-6H,2H2,1H3,(H,13,15,16). The number of hydrogen-bond donors (Lipinski definition) is 1. The van der Waals surface area contributed by atoms with Crippen molar-refractivity contribution in [3.8, 4) is 10.6 Å². The van der Waals surface area contributed by atoms with E-state index in [0.717, 1.165) is 10.6 Å². The normalized spacial score (nSPS) is 10.2. The van der Waals surface area contributed by atoms with Gasteiger partial charge in [0.25, 0.3) is 0 Å². The van der Waals surface area contributed by atoms with Crippen LogP contribution in [0.25, 0.3) is 10.6 Å². The monoisotopic (exact) mass is 267 g/mol. The fourth-order valence-electron chi connectivity index (χ4n) is 1.19. The Hall–Kier alpha value is -1.46. The van der Waals surface area contributed by atoms with Gasteiger partial charge in [-0.2, -0.15) is 0 Å². The van der Waals surface area contributed by atoms with E-state index in [4.69, 9.17) is 11.6 Å². The molecule has 0 unspecified atom stereocenters. The van der Waals surface area contributed by atoms with Crippen molar-refractivity contribution in [2.24, 2.45) is 0 Å². The van der Waals surface area contributed by atoms with E-state index in [0.29, 0.717) is 16.6 Å². The van der Waals surface area contributed by atoms with E-state index < -0.39 is 0 Å². The Morgan fingerprint density at radius 3 is 2.71 bits per heavy atom. The second kappa shape index (κ2) is 5.25. The molecule has 1 aromatic carbocycles. The van der Waals surface area contributed by atoms with Crippen molar-refractivity contribution in [2.45, 2.75) is 13.3 Å². The van der Waals surface area contributed by atoms with Gasteiger partial charge >= 0.3 is 0 Å². The summed E-state index contributed by atoms with van der Waals surface area (Å²) in [7, 11) is 0. The van der Waals surface area contributed by atoms with Gasteiger partial charge in [-0.05, 0) is 12.1 Å². The highest BCUT2D eigenvalue weighted by Crippen LogP contribution is 2.27. The molecule has 0 spiro atoms. The Morgan fingerprint density at radius 2 is 2.06 bits per heavy atom. The number of aromatic nitrogens is 2. The van der Waals surface area contributed by atoms with Gasteiger partial charge in [0, 0.05) is 17.0 Å². The minimum atomic E-state index is -0.0659. The molecule has 1 N–H and O–H groups in total. The molecule has 4 nitrogen and oxygen atoms in total. The maximum atomic E-state index is 11.2. The number of hydrogen-bond acceptors (Lipinski definition) is 4. The number of carbonyl (C=O) groups is 1. The first-order valence-corrected chi connectivity index (χ1v) is 6.28. The summed E-state index contributed by atoms with van der Waals surface area (Å²) in [5, 5.41) is 12.5. The summed E-state index contributed by atoms with van der Waals surface area (Å²) in [4.78, 5) is 11.2. The molecular weight excluding hydrogens is 258 g/mol. The molecule has 6 heteroatoms. The Kier molecular flexibility index (Phi) is 3.71. The molecule has 0 bridgehead atoms. The molecule has 0 aliphatic rings. The summed E-state index contributed by atoms with van der Waals surface area (Å²) in [6.07, 6.45) is 0.426. The van der Waals surface area contributed by atoms with Gasteiger partial charge in [0.15, 0.2) is 0 Å². The van der Waals surface area contributed by atoms with E-state index in [9.17, 15) is 4.79 Å². The van der Waals surface area contributed by atoms with Gasteiger partial charge in [0.05, 0.1) is 0 Å². The number of nitrogens with zero attached hydrogens (tertiary/aromatic N) is 2. The quantitative estimate of drug-likeness (QED) is 0.929. The van der Waals surface area contributed by atoms with Crippen LogP contribution in [0, 0.1) is 0 Å². The second-order valence-electron chi connectivity index (χ2n) is 3.32. The summed E-state index contributed by atoms with van der Waals surface area (Å²) in [6, 6.07) is 7.33. The molecule has 2 rings (SSSR count). The second-order valence-corrected chi connectivity index (χ2v) is 4.73. The first-order chi connectivity index (χ1) is 8.19. The van der Waals surface area contributed by atoms with Crippen molar-refractivity contribution in [3.05, 3.63) is 29.3 Å². The summed E-state index contributed by atoms with van der Waals surface area (Å²) in [5.41, 5.74) is 0.934. The van der Waals surface area contributed by atoms with Crippen LogP contribution in [-0.2, 0) is 4.79 Å². The van der Waals surface area contributed by atoms with Crippen LogP contribution >= 0.6 is 22.9 Å². The third-order valence-corrected chi connectivity index (χ3v) is 3.22. The molecule has 1 aromatic heterocycles. The Labute approximate surface area is 108 Å². The van der Waals surface area contributed by atoms with Crippen molar-refractivity contribution in [2.75, 3.05) is 5.32 Å². The largest absolute Gasteiger partial charge is 0.301 e. The van der Waals surface area contributed by atoms with E-state index >= 15 is 0 Å². The maximum absolute atomic E-state index is 11.2. The van der Waals surface area contributed by atoms with E-state index in [2.05, 4.69) is 15.5 Å². The van der Waals surface area contributed by atoms with Crippen molar-refractivity contribution in [1.82, 2.24) is 10.2 Å². The highest BCUT2D eigenvalue weighted by atomic mass is 35.5. The molecule has 88 valence electrons. The lowest BCUT2D eigenvalue weighted by Crippen LogP contribution is -2.08. The van der Waals surface area contributed by atoms with Crippen LogP contribution < -0.4 is 5.32 Å². The zero-order chi connectivity index (χ0) is 12.3. The van der Waals surface area contributed by atoms with Crippen molar-refractivity contribution >= 4 is 34.0 Å². The number of nitrogens with one attached hydrogen (secondary N) is 1. The molecule has 0 saturated heterocycles. The molecular formula is C11H10ClN3OS. The minimum Gasteiger partial charge on any atom is -0.301 e. The van der Waals surface area contributed by atoms with Gasteiger partial charge in [0.1, 0.15) is 5.01 Å². The molecule has 0 aliphatic heterocycles. The van der Waals surface area contributed by atoms with Crippen LogP contribution in [0.4, 0.5) is 5.13 Å². The van der Waals surface area contributed by atoms with Crippen LogP contribution in [0.2, 0.25) is 5.02 Å². The van der Waals surface area contributed by atoms with E-state index in [-0.39, 0.29) is 5.91 Å². The zero-order valence-electron chi connectivity index (χ0n) is 9.11. The van der Waals surface area contributed by atoms with E-state index in [1.165, 1.54) is 11.3 Å². The molecule has 0 atom stereocenters. The summed E-state index contributed by atoms with van der Waals surface area (Å²) in [6.45, 7) is 1.79.